The second-order valence-electron chi connectivity index (χ2n) is 5.76. The molecule has 0 bridgehead atoms. The molecular formula is C18H19FN4O. The molecule has 1 aliphatic rings. The highest BCUT2D eigenvalue weighted by Crippen LogP contribution is 2.29. The second-order valence-corrected chi connectivity index (χ2v) is 5.76. The van der Waals surface area contributed by atoms with Gasteiger partial charge in [0.15, 0.2) is 5.96 Å². The zero-order valence-corrected chi connectivity index (χ0v) is 13.2. The van der Waals surface area contributed by atoms with E-state index >= 15 is 0 Å². The number of rotatable bonds is 1. The summed E-state index contributed by atoms with van der Waals surface area (Å²) in [6, 6.07) is 12.1. The number of hydrogen-bond donors (Lipinski definition) is 2. The highest BCUT2D eigenvalue weighted by Gasteiger charge is 2.20. The fourth-order valence-corrected chi connectivity index (χ4v) is 3.05. The van der Waals surface area contributed by atoms with Crippen molar-refractivity contribution in [3.05, 3.63) is 59.4 Å². The number of carbonyl (C=O) groups excluding carboxylic acids is 1. The summed E-state index contributed by atoms with van der Waals surface area (Å²) in [5.74, 6) is -0.483. The number of urea groups is 1. The van der Waals surface area contributed by atoms with E-state index in [1.165, 1.54) is 23.3 Å². The Morgan fingerprint density at radius 2 is 1.75 bits per heavy atom. The lowest BCUT2D eigenvalue weighted by molar-refractivity contribution is 0.210. The summed E-state index contributed by atoms with van der Waals surface area (Å²) < 4.78 is 13.2. The molecule has 3 rings (SSSR count). The third-order valence-corrected chi connectivity index (χ3v) is 4.21. The van der Waals surface area contributed by atoms with Crippen molar-refractivity contribution in [2.75, 3.05) is 13.1 Å². The summed E-state index contributed by atoms with van der Waals surface area (Å²) in [5.41, 5.74) is 15.0. The van der Waals surface area contributed by atoms with Crippen LogP contribution in [-0.2, 0) is 12.8 Å². The van der Waals surface area contributed by atoms with E-state index in [4.69, 9.17) is 11.5 Å². The third-order valence-electron chi connectivity index (χ3n) is 4.21. The molecule has 2 aromatic carbocycles. The number of halogens is 1. The molecule has 0 radical (unpaired) electrons. The summed E-state index contributed by atoms with van der Waals surface area (Å²) in [6.45, 7) is 1.11. The van der Waals surface area contributed by atoms with Gasteiger partial charge < -0.3 is 16.4 Å². The number of nitrogens with zero attached hydrogens (tertiary/aromatic N) is 2. The molecule has 1 heterocycles. The van der Waals surface area contributed by atoms with Gasteiger partial charge in [0.25, 0.3) is 0 Å². The molecule has 1 aliphatic heterocycles. The lowest BCUT2D eigenvalue weighted by Crippen LogP contribution is -2.34. The average Bonchev–Trinajstić information content (AvgIpc) is 2.77. The number of fused-ring (bicyclic) bond motifs is 1. The number of amides is 2. The Morgan fingerprint density at radius 3 is 2.46 bits per heavy atom. The van der Waals surface area contributed by atoms with Crippen LogP contribution in [0.25, 0.3) is 11.1 Å². The van der Waals surface area contributed by atoms with Crippen LogP contribution < -0.4 is 11.5 Å². The number of carbonyl (C=O) groups is 1. The normalized spacial score (nSPS) is 13.8. The molecule has 5 nitrogen and oxygen atoms in total. The standard InChI is InChI=1S/C18H19FN4O/c19-14-6-4-13(5-7-14)15-3-1-2-12-8-10-23(11-9-16(12)15)18(24)22-17(20)21/h1-7H,8-11H2,(H4,20,21,22,24). The van der Waals surface area contributed by atoms with E-state index in [-0.39, 0.29) is 11.8 Å². The van der Waals surface area contributed by atoms with Crippen molar-refractivity contribution in [3.8, 4) is 11.1 Å². The SMILES string of the molecule is NC(N)=NC(=O)N1CCc2cccc(-c3ccc(F)cc3)c2CC1. The van der Waals surface area contributed by atoms with Gasteiger partial charge in [-0.15, -0.1) is 0 Å². The summed E-state index contributed by atoms with van der Waals surface area (Å²) >= 11 is 0. The molecular weight excluding hydrogens is 307 g/mol. The van der Waals surface area contributed by atoms with Gasteiger partial charge in [0.1, 0.15) is 5.82 Å². The Morgan fingerprint density at radius 1 is 1.04 bits per heavy atom. The van der Waals surface area contributed by atoms with Crippen molar-refractivity contribution in [2.24, 2.45) is 16.5 Å². The quantitative estimate of drug-likeness (QED) is 0.623. The Balaban J connectivity index is 1.89. The minimum atomic E-state index is -0.411. The number of hydrogen-bond acceptors (Lipinski definition) is 1. The molecule has 2 amide bonds. The van der Waals surface area contributed by atoms with Gasteiger partial charge in [0.05, 0.1) is 0 Å². The molecule has 4 N–H and O–H groups in total. The first-order chi connectivity index (χ1) is 11.5. The monoisotopic (exact) mass is 326 g/mol. The minimum absolute atomic E-state index is 0.228. The van der Waals surface area contributed by atoms with Gasteiger partial charge in [-0.3, -0.25) is 0 Å². The van der Waals surface area contributed by atoms with Crippen LogP contribution >= 0.6 is 0 Å². The maximum atomic E-state index is 13.2. The van der Waals surface area contributed by atoms with Gasteiger partial charge >= 0.3 is 6.03 Å². The van der Waals surface area contributed by atoms with Gasteiger partial charge in [0, 0.05) is 13.1 Å². The summed E-state index contributed by atoms with van der Waals surface area (Å²) in [6.07, 6.45) is 1.44. The largest absolute Gasteiger partial charge is 0.370 e. The fourth-order valence-electron chi connectivity index (χ4n) is 3.05. The second kappa shape index (κ2) is 6.70. The van der Waals surface area contributed by atoms with Crippen LogP contribution in [0.4, 0.5) is 9.18 Å². The molecule has 0 saturated carbocycles. The van der Waals surface area contributed by atoms with Crippen molar-refractivity contribution in [3.63, 3.8) is 0 Å². The molecule has 0 spiro atoms. The van der Waals surface area contributed by atoms with Gasteiger partial charge in [0.2, 0.25) is 0 Å². The van der Waals surface area contributed by atoms with E-state index < -0.39 is 6.03 Å². The molecule has 0 aromatic heterocycles. The number of benzene rings is 2. The average molecular weight is 326 g/mol. The van der Waals surface area contributed by atoms with E-state index in [2.05, 4.69) is 11.1 Å². The molecule has 0 unspecified atom stereocenters. The van der Waals surface area contributed by atoms with Crippen LogP contribution in [0, 0.1) is 5.82 Å². The van der Waals surface area contributed by atoms with Crippen LogP contribution in [-0.4, -0.2) is 30.0 Å². The van der Waals surface area contributed by atoms with Crippen LogP contribution in [0.15, 0.2) is 47.5 Å². The Hall–Kier alpha value is -2.89. The first kappa shape index (κ1) is 16.0. The molecule has 124 valence electrons. The Bertz CT molecular complexity index is 782. The molecule has 2 aromatic rings. The first-order valence-corrected chi connectivity index (χ1v) is 7.80. The predicted octanol–water partition coefficient (Wildman–Crippen LogP) is 2.29. The summed E-state index contributed by atoms with van der Waals surface area (Å²) in [5, 5.41) is 0. The van der Waals surface area contributed by atoms with Crippen molar-refractivity contribution >= 4 is 12.0 Å². The van der Waals surface area contributed by atoms with Crippen molar-refractivity contribution in [1.82, 2.24) is 4.90 Å². The molecule has 0 saturated heterocycles. The number of aliphatic imine (C=N–C) groups is 1. The fraction of sp³-hybridized carbons (Fsp3) is 0.222. The van der Waals surface area contributed by atoms with Crippen molar-refractivity contribution < 1.29 is 9.18 Å². The van der Waals surface area contributed by atoms with Gasteiger partial charge in [-0.25, -0.2) is 9.18 Å². The maximum Gasteiger partial charge on any atom is 0.346 e. The van der Waals surface area contributed by atoms with Crippen LogP contribution in [0.1, 0.15) is 11.1 Å². The molecule has 0 atom stereocenters. The highest BCUT2D eigenvalue weighted by atomic mass is 19.1. The zero-order chi connectivity index (χ0) is 17.1. The summed E-state index contributed by atoms with van der Waals surface area (Å²) in [4.78, 5) is 17.3. The van der Waals surface area contributed by atoms with E-state index in [1.807, 2.05) is 12.1 Å². The Labute approximate surface area is 139 Å². The van der Waals surface area contributed by atoms with E-state index in [0.29, 0.717) is 19.5 Å². The number of nitrogens with two attached hydrogens (primary N) is 2. The van der Waals surface area contributed by atoms with Crippen LogP contribution in [0.3, 0.4) is 0 Å². The van der Waals surface area contributed by atoms with E-state index in [0.717, 1.165) is 17.5 Å². The zero-order valence-electron chi connectivity index (χ0n) is 13.2. The maximum absolute atomic E-state index is 13.2. The van der Waals surface area contributed by atoms with E-state index in [9.17, 15) is 9.18 Å². The van der Waals surface area contributed by atoms with Crippen LogP contribution in [0.5, 0.6) is 0 Å². The predicted molar refractivity (Wildman–Crippen MR) is 92.0 cm³/mol. The lowest BCUT2D eigenvalue weighted by atomic mass is 9.93. The molecule has 6 heteroatoms. The van der Waals surface area contributed by atoms with E-state index in [1.54, 1.807) is 17.0 Å². The Kier molecular flexibility index (Phi) is 4.46. The minimum Gasteiger partial charge on any atom is -0.370 e. The topological polar surface area (TPSA) is 84.7 Å². The van der Waals surface area contributed by atoms with Crippen molar-refractivity contribution in [1.29, 1.82) is 0 Å². The smallest absolute Gasteiger partial charge is 0.346 e. The number of guanidine groups is 1. The van der Waals surface area contributed by atoms with Gasteiger partial charge in [-0.1, -0.05) is 30.3 Å². The summed E-state index contributed by atoms with van der Waals surface area (Å²) in [7, 11) is 0. The molecule has 24 heavy (non-hydrogen) atoms. The van der Waals surface area contributed by atoms with Gasteiger partial charge in [-0.05, 0) is 47.2 Å². The third kappa shape index (κ3) is 3.37. The highest BCUT2D eigenvalue weighted by molar-refractivity contribution is 5.90. The first-order valence-electron chi connectivity index (χ1n) is 7.80. The molecule has 0 aliphatic carbocycles. The molecule has 0 fully saturated rings. The lowest BCUT2D eigenvalue weighted by Gasteiger charge is -2.17. The van der Waals surface area contributed by atoms with Crippen molar-refractivity contribution in [2.45, 2.75) is 12.8 Å². The van der Waals surface area contributed by atoms with Gasteiger partial charge in [-0.2, -0.15) is 4.99 Å². The van der Waals surface area contributed by atoms with Crippen LogP contribution in [0.2, 0.25) is 0 Å².